The molecule has 170 valence electrons. The van der Waals surface area contributed by atoms with Crippen LogP contribution in [0.2, 0.25) is 0 Å². The topological polar surface area (TPSA) is 61.8 Å². The van der Waals surface area contributed by atoms with E-state index < -0.39 is 6.04 Å². The smallest absolute Gasteiger partial charge is 0.183 e. The second kappa shape index (κ2) is 8.69. The van der Waals surface area contributed by atoms with Crippen LogP contribution in [0.1, 0.15) is 27.4 Å². The number of rotatable bonds is 5. The number of hydrogen-bond acceptors (Lipinski definition) is 5. The van der Waals surface area contributed by atoms with Gasteiger partial charge >= 0.3 is 0 Å². The minimum absolute atomic E-state index is 0.0365. The van der Waals surface area contributed by atoms with Crippen molar-refractivity contribution >= 4 is 16.6 Å². The predicted octanol–water partition coefficient (Wildman–Crippen LogP) is 4.75. The summed E-state index contributed by atoms with van der Waals surface area (Å²) in [6.07, 6.45) is 0. The van der Waals surface area contributed by atoms with E-state index in [0.29, 0.717) is 25.3 Å². The Kier molecular flexibility index (Phi) is 5.38. The number of carbonyl (C=O) groups excluding carboxylic acids is 1. The highest BCUT2D eigenvalue weighted by Gasteiger charge is 2.33. The van der Waals surface area contributed by atoms with Gasteiger partial charge in [0.1, 0.15) is 11.8 Å². The average Bonchev–Trinajstić information content (AvgIpc) is 3.20. The number of phenolic OH excluding ortho intramolecular Hbond substituents is 1. The quantitative estimate of drug-likeness (QED) is 0.430. The maximum atomic E-state index is 13.5. The van der Waals surface area contributed by atoms with E-state index in [1.807, 2.05) is 29.3 Å². The van der Waals surface area contributed by atoms with Crippen molar-refractivity contribution in [3.05, 3.63) is 102 Å². The Hall–Kier alpha value is -3.51. The molecule has 0 bridgehead atoms. The number of piperazine rings is 1. The number of Topliss-reactive ketones (excluding diaryl/α,β-unsaturated/α-hetero) is 1. The fraction of sp³-hybridized carbons (Fsp3) is 0.207. The molecule has 34 heavy (non-hydrogen) atoms. The zero-order chi connectivity index (χ0) is 23.1. The van der Waals surface area contributed by atoms with Crippen LogP contribution in [0.25, 0.3) is 21.9 Å². The lowest BCUT2D eigenvalue weighted by Gasteiger charge is -2.35. The van der Waals surface area contributed by atoms with E-state index in [2.05, 4.69) is 53.8 Å². The summed E-state index contributed by atoms with van der Waals surface area (Å²) in [4.78, 5) is 19.9. The van der Waals surface area contributed by atoms with Crippen LogP contribution in [0.5, 0.6) is 5.75 Å². The Morgan fingerprint density at radius 2 is 1.59 bits per heavy atom. The third-order valence-corrected chi connectivity index (χ3v) is 6.97. The minimum Gasteiger partial charge on any atom is -0.508 e. The first-order valence-electron chi connectivity index (χ1n) is 11.7. The molecule has 5 heteroatoms. The zero-order valence-electron chi connectivity index (χ0n) is 18.8. The molecule has 2 N–H and O–H groups in total. The monoisotopic (exact) mass is 450 g/mol. The molecule has 0 radical (unpaired) electrons. The normalized spacial score (nSPS) is 18.1. The maximum absolute atomic E-state index is 13.5. The Morgan fingerprint density at radius 1 is 0.912 bits per heavy atom. The summed E-state index contributed by atoms with van der Waals surface area (Å²) in [6, 6.07) is 27.4. The second-order valence-corrected chi connectivity index (χ2v) is 8.99. The van der Waals surface area contributed by atoms with Crippen LogP contribution in [0.3, 0.4) is 0 Å². The number of hydrogen-bond donors (Lipinski definition) is 2. The summed E-state index contributed by atoms with van der Waals surface area (Å²) in [6.45, 7) is 2.46. The van der Waals surface area contributed by atoms with Gasteiger partial charge in [-0.3, -0.25) is 9.63 Å². The fourth-order valence-corrected chi connectivity index (χ4v) is 5.25. The number of nitrogens with zero attached hydrogens (tertiary/aromatic N) is 1. The molecular weight excluding hydrogens is 424 g/mol. The van der Waals surface area contributed by atoms with Gasteiger partial charge in [-0.25, -0.2) is 0 Å². The molecule has 5 nitrogen and oxygen atoms in total. The van der Waals surface area contributed by atoms with Crippen LogP contribution in [0, 0.1) is 0 Å². The van der Waals surface area contributed by atoms with E-state index in [1.54, 1.807) is 12.1 Å². The van der Waals surface area contributed by atoms with Gasteiger partial charge in [-0.1, -0.05) is 66.7 Å². The van der Waals surface area contributed by atoms with Gasteiger partial charge in [0.15, 0.2) is 5.78 Å². The first-order valence-corrected chi connectivity index (χ1v) is 11.7. The molecule has 1 saturated heterocycles. The van der Waals surface area contributed by atoms with E-state index in [9.17, 15) is 9.90 Å². The van der Waals surface area contributed by atoms with Crippen LogP contribution in [0.4, 0.5) is 0 Å². The van der Waals surface area contributed by atoms with Gasteiger partial charge in [-0.15, -0.1) is 0 Å². The van der Waals surface area contributed by atoms with Crippen molar-refractivity contribution in [3.8, 4) is 16.9 Å². The zero-order valence-corrected chi connectivity index (χ0v) is 18.8. The lowest BCUT2D eigenvalue weighted by atomic mass is 9.98. The van der Waals surface area contributed by atoms with Gasteiger partial charge in [-0.05, 0) is 51.2 Å². The minimum atomic E-state index is -0.393. The first kappa shape index (κ1) is 21.1. The van der Waals surface area contributed by atoms with E-state index >= 15 is 0 Å². The lowest BCUT2D eigenvalue weighted by molar-refractivity contribution is -0.184. The predicted molar refractivity (Wildman–Crippen MR) is 133 cm³/mol. The summed E-state index contributed by atoms with van der Waals surface area (Å²) in [5.41, 5.74) is 5.74. The third-order valence-electron chi connectivity index (χ3n) is 6.97. The number of aromatic hydroxyl groups is 1. The van der Waals surface area contributed by atoms with Gasteiger partial charge < -0.3 is 10.4 Å². The molecule has 1 unspecified atom stereocenters. The average molecular weight is 451 g/mol. The maximum Gasteiger partial charge on any atom is 0.183 e. The number of ketones is 1. The van der Waals surface area contributed by atoms with Gasteiger partial charge in [0.05, 0.1) is 6.61 Å². The van der Waals surface area contributed by atoms with Crippen LogP contribution >= 0.6 is 0 Å². The molecule has 4 aromatic rings. The Balaban J connectivity index is 1.24. The summed E-state index contributed by atoms with van der Waals surface area (Å²) in [5.74, 6) is 0.401. The highest BCUT2D eigenvalue weighted by molar-refractivity contribution is 6.03. The Morgan fingerprint density at radius 3 is 2.35 bits per heavy atom. The Bertz CT molecular complexity index is 1340. The van der Waals surface area contributed by atoms with Gasteiger partial charge in [-0.2, -0.15) is 5.06 Å². The van der Waals surface area contributed by atoms with E-state index in [4.69, 9.17) is 4.84 Å². The molecule has 6 rings (SSSR count). The van der Waals surface area contributed by atoms with Gasteiger partial charge in [0.25, 0.3) is 0 Å². The number of phenols is 1. The molecule has 1 fully saturated rings. The molecule has 4 aromatic carbocycles. The molecule has 1 aliphatic carbocycles. The standard InChI is InChI=1S/C29H26N2O3/c32-22-12-11-19-15-21(10-9-20(19)16-22)29(33)28-17-30-13-14-31(28)34-18-27-25-7-3-1-5-23(25)24-6-2-4-8-26(24)27/h1-12,15-16,27-28,30,32H,13-14,17-18H2. The summed E-state index contributed by atoms with van der Waals surface area (Å²) in [5, 5.41) is 16.8. The second-order valence-electron chi connectivity index (χ2n) is 8.99. The largest absolute Gasteiger partial charge is 0.508 e. The first-order chi connectivity index (χ1) is 16.7. The van der Waals surface area contributed by atoms with Crippen molar-refractivity contribution in [3.63, 3.8) is 0 Å². The van der Waals surface area contributed by atoms with Crippen molar-refractivity contribution in [2.45, 2.75) is 12.0 Å². The van der Waals surface area contributed by atoms with Crippen LogP contribution in [-0.2, 0) is 4.84 Å². The van der Waals surface area contributed by atoms with Crippen LogP contribution in [-0.4, -0.2) is 48.2 Å². The van der Waals surface area contributed by atoms with E-state index in [-0.39, 0.29) is 17.5 Å². The van der Waals surface area contributed by atoms with Crippen molar-refractivity contribution < 1.29 is 14.7 Å². The fourth-order valence-electron chi connectivity index (χ4n) is 5.25. The molecule has 0 amide bonds. The number of carbonyl (C=O) groups is 1. The molecule has 0 spiro atoms. The van der Waals surface area contributed by atoms with Crippen molar-refractivity contribution in [1.82, 2.24) is 10.4 Å². The summed E-state index contributed by atoms with van der Waals surface area (Å²) < 4.78 is 0. The molecule has 0 saturated carbocycles. The molecule has 1 aliphatic heterocycles. The van der Waals surface area contributed by atoms with E-state index in [1.165, 1.54) is 22.3 Å². The number of benzene rings is 4. The highest BCUT2D eigenvalue weighted by atomic mass is 16.7. The molecule has 2 aliphatic rings. The van der Waals surface area contributed by atoms with Crippen molar-refractivity contribution in [2.75, 3.05) is 26.2 Å². The lowest BCUT2D eigenvalue weighted by Crippen LogP contribution is -2.54. The number of hydroxylamine groups is 2. The summed E-state index contributed by atoms with van der Waals surface area (Å²) >= 11 is 0. The SMILES string of the molecule is O=C(c1ccc2cc(O)ccc2c1)C1CNCCN1OCC1c2ccccc2-c2ccccc21. The van der Waals surface area contributed by atoms with Gasteiger partial charge in [0.2, 0.25) is 0 Å². The molecular formula is C29H26N2O3. The molecule has 1 atom stereocenters. The molecule has 1 heterocycles. The Labute approximate surface area is 198 Å². The highest BCUT2D eigenvalue weighted by Crippen LogP contribution is 2.44. The molecule has 0 aromatic heterocycles. The number of fused-ring (bicyclic) bond motifs is 4. The third kappa shape index (κ3) is 3.68. The van der Waals surface area contributed by atoms with Crippen LogP contribution < -0.4 is 5.32 Å². The van der Waals surface area contributed by atoms with E-state index in [0.717, 1.165) is 17.3 Å². The number of nitrogens with one attached hydrogen (secondary N) is 1. The van der Waals surface area contributed by atoms with Crippen molar-refractivity contribution in [2.24, 2.45) is 0 Å². The van der Waals surface area contributed by atoms with Crippen LogP contribution in [0.15, 0.2) is 84.9 Å². The summed E-state index contributed by atoms with van der Waals surface area (Å²) in [7, 11) is 0. The van der Waals surface area contributed by atoms with Gasteiger partial charge in [0, 0.05) is 31.1 Å². The van der Waals surface area contributed by atoms with Crippen molar-refractivity contribution in [1.29, 1.82) is 0 Å².